The van der Waals surface area contributed by atoms with E-state index in [1.54, 1.807) is 24.3 Å². The topological polar surface area (TPSA) is 46.3 Å². The molecule has 1 amide bonds. The number of hydrogen-bond donors (Lipinski definition) is 1. The molecule has 3 nitrogen and oxygen atoms in total. The van der Waals surface area contributed by atoms with E-state index < -0.39 is 17.5 Å². The summed E-state index contributed by atoms with van der Waals surface area (Å²) >= 11 is 0. The molecule has 2 aromatic carbocycles. The first kappa shape index (κ1) is 15.1. The van der Waals surface area contributed by atoms with Gasteiger partial charge < -0.3 is 10.6 Å². The first-order valence-corrected chi connectivity index (χ1v) is 6.65. The molecule has 0 saturated carbocycles. The van der Waals surface area contributed by atoms with Crippen LogP contribution in [0.25, 0.3) is 0 Å². The molecule has 0 saturated heterocycles. The van der Waals surface area contributed by atoms with Crippen LogP contribution in [0.2, 0.25) is 0 Å². The smallest absolute Gasteiger partial charge is 0.258 e. The molecule has 110 valence electrons. The van der Waals surface area contributed by atoms with E-state index >= 15 is 0 Å². The van der Waals surface area contributed by atoms with Crippen molar-refractivity contribution in [3.05, 3.63) is 65.7 Å². The van der Waals surface area contributed by atoms with Crippen molar-refractivity contribution >= 4 is 11.6 Å². The van der Waals surface area contributed by atoms with E-state index in [1.165, 1.54) is 4.90 Å². The highest BCUT2D eigenvalue weighted by molar-refractivity contribution is 6.06. The first-order chi connectivity index (χ1) is 10.1. The van der Waals surface area contributed by atoms with Crippen molar-refractivity contribution in [2.45, 2.75) is 6.42 Å². The molecule has 0 atom stereocenters. The van der Waals surface area contributed by atoms with Gasteiger partial charge in [-0.05, 0) is 37.2 Å². The van der Waals surface area contributed by atoms with Gasteiger partial charge in [0.2, 0.25) is 0 Å². The van der Waals surface area contributed by atoms with Crippen LogP contribution < -0.4 is 10.6 Å². The van der Waals surface area contributed by atoms with Crippen LogP contribution in [0, 0.1) is 11.6 Å². The van der Waals surface area contributed by atoms with Crippen molar-refractivity contribution in [1.29, 1.82) is 0 Å². The lowest BCUT2D eigenvalue weighted by molar-refractivity contribution is 0.0986. The number of nitrogens with two attached hydrogens (primary N) is 1. The van der Waals surface area contributed by atoms with Crippen LogP contribution in [0.5, 0.6) is 0 Å². The number of rotatable bonds is 5. The summed E-state index contributed by atoms with van der Waals surface area (Å²) in [6, 6.07) is 11.8. The second-order valence-electron chi connectivity index (χ2n) is 4.59. The van der Waals surface area contributed by atoms with Crippen LogP contribution in [0.3, 0.4) is 0 Å². The van der Waals surface area contributed by atoms with Gasteiger partial charge in [0.05, 0.1) is 0 Å². The maximum absolute atomic E-state index is 13.3. The molecular formula is C16H16F2N2O. The van der Waals surface area contributed by atoms with Crippen molar-refractivity contribution in [2.75, 3.05) is 18.0 Å². The van der Waals surface area contributed by atoms with Crippen molar-refractivity contribution in [2.24, 2.45) is 5.73 Å². The quantitative estimate of drug-likeness (QED) is 0.920. The molecule has 0 bridgehead atoms. The highest BCUT2D eigenvalue weighted by atomic mass is 19.1. The minimum absolute atomic E-state index is 0.0200. The molecule has 21 heavy (non-hydrogen) atoms. The maximum Gasteiger partial charge on any atom is 0.258 e. The number of halogens is 2. The van der Waals surface area contributed by atoms with E-state index in [0.29, 0.717) is 25.2 Å². The van der Waals surface area contributed by atoms with Gasteiger partial charge in [-0.3, -0.25) is 4.79 Å². The molecule has 0 aliphatic carbocycles. The van der Waals surface area contributed by atoms with Crippen molar-refractivity contribution in [1.82, 2.24) is 0 Å². The molecule has 0 unspecified atom stereocenters. The molecule has 0 fully saturated rings. The molecule has 5 heteroatoms. The van der Waals surface area contributed by atoms with Gasteiger partial charge in [-0.15, -0.1) is 0 Å². The Morgan fingerprint density at radius 3 is 2.24 bits per heavy atom. The van der Waals surface area contributed by atoms with Gasteiger partial charge in [0.25, 0.3) is 5.91 Å². The Hall–Kier alpha value is -2.27. The minimum atomic E-state index is -0.773. The van der Waals surface area contributed by atoms with E-state index in [9.17, 15) is 13.6 Å². The van der Waals surface area contributed by atoms with Gasteiger partial charge in [0.15, 0.2) is 0 Å². The molecule has 2 rings (SSSR count). The minimum Gasteiger partial charge on any atom is -0.330 e. The van der Waals surface area contributed by atoms with Crippen LogP contribution in [0.4, 0.5) is 14.5 Å². The van der Waals surface area contributed by atoms with Gasteiger partial charge >= 0.3 is 0 Å². The zero-order valence-electron chi connectivity index (χ0n) is 11.4. The lowest BCUT2D eigenvalue weighted by Crippen LogP contribution is -2.33. The number of nitrogens with zero attached hydrogens (tertiary/aromatic N) is 1. The number of hydrogen-bond acceptors (Lipinski definition) is 2. The van der Waals surface area contributed by atoms with Gasteiger partial charge in [-0.2, -0.15) is 0 Å². The second-order valence-corrected chi connectivity index (χ2v) is 4.59. The zero-order valence-corrected chi connectivity index (χ0v) is 11.4. The standard InChI is InChI=1S/C16H16F2N2O/c17-13-9-12(10-14(18)11-13)16(21)20(8-4-7-19)15-5-2-1-3-6-15/h1-3,5-6,9-11H,4,7-8,19H2. The normalized spacial score (nSPS) is 10.4. The predicted molar refractivity (Wildman–Crippen MR) is 78.1 cm³/mol. The Bertz CT molecular complexity index is 597. The Labute approximate surface area is 122 Å². The number of carbonyl (C=O) groups is 1. The summed E-state index contributed by atoms with van der Waals surface area (Å²) in [6.45, 7) is 0.811. The predicted octanol–water partition coefficient (Wildman–Crippen LogP) is 2.96. The van der Waals surface area contributed by atoms with Crippen molar-refractivity contribution in [3.8, 4) is 0 Å². The van der Waals surface area contributed by atoms with E-state index in [-0.39, 0.29) is 5.56 Å². The summed E-state index contributed by atoms with van der Waals surface area (Å²) in [4.78, 5) is 14.0. The molecule has 0 radical (unpaired) electrons. The number of anilines is 1. The summed E-state index contributed by atoms with van der Waals surface area (Å²) in [5, 5.41) is 0. The Kier molecular flexibility index (Phi) is 5.00. The molecule has 0 aliphatic heterocycles. The Balaban J connectivity index is 2.33. The summed E-state index contributed by atoms with van der Waals surface area (Å²) in [6.07, 6.45) is 0.596. The largest absolute Gasteiger partial charge is 0.330 e. The lowest BCUT2D eigenvalue weighted by Gasteiger charge is -2.22. The molecule has 2 N–H and O–H groups in total. The lowest BCUT2D eigenvalue weighted by atomic mass is 10.1. The third-order valence-corrected chi connectivity index (χ3v) is 3.01. The maximum atomic E-state index is 13.3. The van der Waals surface area contributed by atoms with E-state index in [0.717, 1.165) is 18.2 Å². The molecule has 0 aromatic heterocycles. The fourth-order valence-electron chi connectivity index (χ4n) is 2.04. The number of para-hydroxylation sites is 1. The van der Waals surface area contributed by atoms with Crippen LogP contribution in [-0.2, 0) is 0 Å². The van der Waals surface area contributed by atoms with E-state index in [4.69, 9.17) is 5.73 Å². The fraction of sp³-hybridized carbons (Fsp3) is 0.188. The molecular weight excluding hydrogens is 274 g/mol. The SMILES string of the molecule is NCCCN(C(=O)c1cc(F)cc(F)c1)c1ccccc1. The van der Waals surface area contributed by atoms with Gasteiger partial charge in [0.1, 0.15) is 11.6 Å². The third-order valence-electron chi connectivity index (χ3n) is 3.01. The number of amides is 1. The summed E-state index contributed by atoms with van der Waals surface area (Å²) < 4.78 is 26.6. The zero-order chi connectivity index (χ0) is 15.2. The summed E-state index contributed by atoms with van der Waals surface area (Å²) in [5.41, 5.74) is 6.13. The van der Waals surface area contributed by atoms with Crippen LogP contribution in [0.1, 0.15) is 16.8 Å². The van der Waals surface area contributed by atoms with E-state index in [2.05, 4.69) is 0 Å². The van der Waals surface area contributed by atoms with Crippen LogP contribution >= 0.6 is 0 Å². The first-order valence-electron chi connectivity index (χ1n) is 6.65. The third kappa shape index (κ3) is 3.86. The molecule has 0 spiro atoms. The average Bonchev–Trinajstić information content (AvgIpc) is 2.47. The fourth-order valence-corrected chi connectivity index (χ4v) is 2.04. The highest BCUT2D eigenvalue weighted by Gasteiger charge is 2.18. The second kappa shape index (κ2) is 6.95. The number of carbonyl (C=O) groups excluding carboxylic acids is 1. The highest BCUT2D eigenvalue weighted by Crippen LogP contribution is 2.18. The van der Waals surface area contributed by atoms with Crippen LogP contribution in [0.15, 0.2) is 48.5 Å². The molecule has 2 aromatic rings. The molecule has 0 heterocycles. The van der Waals surface area contributed by atoms with Gasteiger partial charge in [-0.1, -0.05) is 18.2 Å². The number of benzene rings is 2. The van der Waals surface area contributed by atoms with Gasteiger partial charge in [0, 0.05) is 23.9 Å². The van der Waals surface area contributed by atoms with E-state index in [1.807, 2.05) is 6.07 Å². The Morgan fingerprint density at radius 1 is 1.05 bits per heavy atom. The van der Waals surface area contributed by atoms with Crippen LogP contribution in [-0.4, -0.2) is 19.0 Å². The summed E-state index contributed by atoms with van der Waals surface area (Å²) in [7, 11) is 0. The van der Waals surface area contributed by atoms with Gasteiger partial charge in [-0.25, -0.2) is 8.78 Å². The average molecular weight is 290 g/mol. The summed E-state index contributed by atoms with van der Waals surface area (Å²) in [5.74, 6) is -2.00. The van der Waals surface area contributed by atoms with Crippen molar-refractivity contribution in [3.63, 3.8) is 0 Å². The Morgan fingerprint density at radius 2 is 1.67 bits per heavy atom. The molecule has 0 aliphatic rings. The monoisotopic (exact) mass is 290 g/mol. The van der Waals surface area contributed by atoms with Crippen molar-refractivity contribution < 1.29 is 13.6 Å².